The molecule has 174 valence electrons. The second-order valence-electron chi connectivity index (χ2n) is 8.22. The highest BCUT2D eigenvalue weighted by molar-refractivity contribution is 6.05. The van der Waals surface area contributed by atoms with E-state index in [1.54, 1.807) is 31.4 Å². The van der Waals surface area contributed by atoms with E-state index in [2.05, 4.69) is 9.89 Å². The summed E-state index contributed by atoms with van der Waals surface area (Å²) < 4.78 is 16.1. The summed E-state index contributed by atoms with van der Waals surface area (Å²) in [4.78, 5) is 31.3. The molecule has 2 aliphatic rings. The fraction of sp³-hybridized carbons (Fsp3) is 0.400. The Kier molecular flexibility index (Phi) is 6.76. The predicted molar refractivity (Wildman–Crippen MR) is 123 cm³/mol. The first-order valence-corrected chi connectivity index (χ1v) is 11.0. The van der Waals surface area contributed by atoms with Crippen molar-refractivity contribution in [1.82, 2.24) is 4.90 Å². The van der Waals surface area contributed by atoms with Gasteiger partial charge in [-0.3, -0.25) is 14.7 Å². The molecule has 0 aromatic heterocycles. The lowest BCUT2D eigenvalue weighted by Gasteiger charge is -2.30. The van der Waals surface area contributed by atoms with Crippen LogP contribution in [0.4, 0.5) is 5.69 Å². The van der Waals surface area contributed by atoms with Crippen molar-refractivity contribution in [2.24, 2.45) is 4.99 Å². The molecule has 1 atom stereocenters. The van der Waals surface area contributed by atoms with Gasteiger partial charge in [0, 0.05) is 25.3 Å². The smallest absolute Gasteiger partial charge is 0.338 e. The molecule has 8 heteroatoms. The number of hydrogen-bond donors (Lipinski definition) is 1. The molecule has 8 nitrogen and oxygen atoms in total. The number of carboxylic acid groups (broad SMARTS) is 1. The van der Waals surface area contributed by atoms with Crippen LogP contribution in [0.25, 0.3) is 0 Å². The number of nitrogens with zero attached hydrogens (tertiary/aromatic N) is 2. The molecule has 2 heterocycles. The Morgan fingerprint density at radius 1 is 1.15 bits per heavy atom. The average Bonchev–Trinajstić information content (AvgIpc) is 3.10. The van der Waals surface area contributed by atoms with Gasteiger partial charge in [-0.15, -0.1) is 0 Å². The van der Waals surface area contributed by atoms with Crippen LogP contribution >= 0.6 is 0 Å². The van der Waals surface area contributed by atoms with Crippen molar-refractivity contribution in [3.63, 3.8) is 0 Å². The number of rotatable bonds is 8. The van der Waals surface area contributed by atoms with Crippen LogP contribution in [0.3, 0.4) is 0 Å². The third kappa shape index (κ3) is 4.62. The van der Waals surface area contributed by atoms with Crippen LogP contribution in [0.15, 0.2) is 47.5 Å². The summed E-state index contributed by atoms with van der Waals surface area (Å²) in [7, 11) is 1.57. The van der Waals surface area contributed by atoms with Gasteiger partial charge in [0.25, 0.3) is 0 Å². The number of benzene rings is 2. The number of fused-ring (bicyclic) bond motifs is 1. The number of aliphatic imine (C=N–C) groups is 1. The second kappa shape index (κ2) is 9.72. The quantitative estimate of drug-likeness (QED) is 0.615. The van der Waals surface area contributed by atoms with Crippen LogP contribution in [0.2, 0.25) is 0 Å². The van der Waals surface area contributed by atoms with Gasteiger partial charge in [-0.25, -0.2) is 4.79 Å². The monoisotopic (exact) mass is 452 g/mol. The molecule has 1 fully saturated rings. The van der Waals surface area contributed by atoms with Crippen LogP contribution in [0.1, 0.15) is 34.8 Å². The van der Waals surface area contributed by atoms with E-state index in [4.69, 9.17) is 14.2 Å². The summed E-state index contributed by atoms with van der Waals surface area (Å²) in [6.45, 7) is 5.89. The topological polar surface area (TPSA) is 97.7 Å². The SMILES string of the molecule is COc1ccc2c(c1)C(CC(=O)O)(c1ccc(C(=O)OCCN3CCOCC3)cc1)C(C)=N2. The Labute approximate surface area is 192 Å². The molecule has 2 aliphatic heterocycles. The van der Waals surface area contributed by atoms with Crippen LogP contribution < -0.4 is 4.74 Å². The zero-order valence-electron chi connectivity index (χ0n) is 18.9. The lowest BCUT2D eigenvalue weighted by atomic mass is 9.70. The zero-order valence-corrected chi connectivity index (χ0v) is 18.9. The van der Waals surface area contributed by atoms with Crippen molar-refractivity contribution in [1.29, 1.82) is 0 Å². The number of methoxy groups -OCH3 is 1. The van der Waals surface area contributed by atoms with Crippen LogP contribution in [0, 0.1) is 0 Å². The standard InChI is InChI=1S/C25H28N2O6/c1-17-25(16-23(28)29,21-15-20(31-2)7-8-22(21)26-17)19-5-3-18(4-6-19)24(30)33-14-11-27-9-12-32-13-10-27/h3-8,15H,9-14,16H2,1-2H3,(H,28,29). The maximum absolute atomic E-state index is 12.5. The molecule has 1 unspecified atom stereocenters. The Morgan fingerprint density at radius 3 is 2.55 bits per heavy atom. The van der Waals surface area contributed by atoms with Crippen LogP contribution in [0.5, 0.6) is 5.75 Å². The van der Waals surface area contributed by atoms with E-state index < -0.39 is 17.4 Å². The lowest BCUT2D eigenvalue weighted by molar-refractivity contribution is -0.137. The van der Waals surface area contributed by atoms with E-state index in [0.29, 0.717) is 43.4 Å². The summed E-state index contributed by atoms with van der Waals surface area (Å²) in [5.41, 5.74) is 2.43. The third-order valence-electron chi connectivity index (χ3n) is 6.34. The van der Waals surface area contributed by atoms with Gasteiger partial charge in [0.05, 0.1) is 43.4 Å². The number of aliphatic carboxylic acids is 1. The van der Waals surface area contributed by atoms with Crippen molar-refractivity contribution < 1.29 is 28.9 Å². The van der Waals surface area contributed by atoms with Gasteiger partial charge >= 0.3 is 11.9 Å². The fourth-order valence-electron chi connectivity index (χ4n) is 4.54. The molecule has 0 spiro atoms. The highest BCUT2D eigenvalue weighted by Crippen LogP contribution is 2.48. The van der Waals surface area contributed by atoms with Gasteiger partial charge in [-0.05, 0) is 48.4 Å². The van der Waals surface area contributed by atoms with Crippen molar-refractivity contribution in [3.05, 3.63) is 59.2 Å². The highest BCUT2D eigenvalue weighted by atomic mass is 16.5. The fourth-order valence-corrected chi connectivity index (χ4v) is 4.54. The molecule has 0 amide bonds. The largest absolute Gasteiger partial charge is 0.497 e. The first-order chi connectivity index (χ1) is 15.9. The molecule has 33 heavy (non-hydrogen) atoms. The van der Waals surface area contributed by atoms with Crippen molar-refractivity contribution in [2.45, 2.75) is 18.8 Å². The van der Waals surface area contributed by atoms with Crippen molar-refractivity contribution in [3.8, 4) is 5.75 Å². The van der Waals surface area contributed by atoms with E-state index in [1.807, 2.05) is 25.1 Å². The Hall–Kier alpha value is -3.23. The molecule has 2 aromatic rings. The number of carbonyl (C=O) groups is 2. The highest BCUT2D eigenvalue weighted by Gasteiger charge is 2.45. The molecule has 1 saturated heterocycles. The minimum atomic E-state index is -0.938. The van der Waals surface area contributed by atoms with Gasteiger partial charge in [0.15, 0.2) is 0 Å². The second-order valence-corrected chi connectivity index (χ2v) is 8.22. The third-order valence-corrected chi connectivity index (χ3v) is 6.34. The maximum atomic E-state index is 12.5. The predicted octanol–water partition coefficient (Wildman–Crippen LogP) is 3.05. The number of hydrogen-bond acceptors (Lipinski definition) is 7. The number of esters is 1. The van der Waals surface area contributed by atoms with Crippen molar-refractivity contribution >= 4 is 23.3 Å². The van der Waals surface area contributed by atoms with E-state index >= 15 is 0 Å². The number of morpholine rings is 1. The Balaban J connectivity index is 1.55. The summed E-state index contributed by atoms with van der Waals surface area (Å²) in [5.74, 6) is -0.707. The first-order valence-electron chi connectivity index (χ1n) is 11.0. The molecular formula is C25H28N2O6. The van der Waals surface area contributed by atoms with E-state index in [9.17, 15) is 14.7 Å². The van der Waals surface area contributed by atoms with Crippen LogP contribution in [-0.2, 0) is 19.7 Å². The normalized spacial score (nSPS) is 20.1. The number of carbonyl (C=O) groups excluding carboxylic acids is 1. The molecule has 1 N–H and O–H groups in total. The zero-order chi connectivity index (χ0) is 23.4. The van der Waals surface area contributed by atoms with Crippen LogP contribution in [-0.4, -0.2) is 74.2 Å². The maximum Gasteiger partial charge on any atom is 0.338 e. The molecular weight excluding hydrogens is 424 g/mol. The Morgan fingerprint density at radius 2 is 1.88 bits per heavy atom. The van der Waals surface area contributed by atoms with Gasteiger partial charge in [-0.1, -0.05) is 12.1 Å². The number of ether oxygens (including phenoxy) is 3. The van der Waals surface area contributed by atoms with E-state index in [-0.39, 0.29) is 6.42 Å². The molecule has 0 saturated carbocycles. The minimum Gasteiger partial charge on any atom is -0.497 e. The number of carboxylic acids is 1. The summed E-state index contributed by atoms with van der Waals surface area (Å²) in [6, 6.07) is 12.4. The average molecular weight is 453 g/mol. The van der Waals surface area contributed by atoms with Gasteiger partial charge in [0.1, 0.15) is 12.4 Å². The molecule has 2 aromatic carbocycles. The van der Waals surface area contributed by atoms with Gasteiger partial charge in [-0.2, -0.15) is 0 Å². The van der Waals surface area contributed by atoms with Gasteiger partial charge < -0.3 is 19.3 Å². The van der Waals surface area contributed by atoms with Crippen molar-refractivity contribution in [2.75, 3.05) is 46.6 Å². The molecule has 0 bridgehead atoms. The summed E-state index contributed by atoms with van der Waals surface area (Å²) in [6.07, 6.45) is -0.161. The molecule has 0 radical (unpaired) electrons. The van der Waals surface area contributed by atoms with Gasteiger partial charge in [0.2, 0.25) is 0 Å². The van der Waals surface area contributed by atoms with E-state index in [1.165, 1.54) is 0 Å². The Bertz CT molecular complexity index is 1060. The van der Waals surface area contributed by atoms with E-state index in [0.717, 1.165) is 29.9 Å². The lowest BCUT2D eigenvalue weighted by Crippen LogP contribution is -2.38. The first kappa shape index (κ1) is 22.9. The molecule has 4 rings (SSSR count). The molecule has 0 aliphatic carbocycles. The minimum absolute atomic E-state index is 0.161. The summed E-state index contributed by atoms with van der Waals surface area (Å²) >= 11 is 0. The summed E-state index contributed by atoms with van der Waals surface area (Å²) in [5, 5.41) is 9.75.